The predicted molar refractivity (Wildman–Crippen MR) is 103 cm³/mol. The first-order valence-corrected chi connectivity index (χ1v) is 7.98. The molecule has 0 aromatic heterocycles. The first kappa shape index (κ1) is 15.6. The number of fused-ring (bicyclic) bond motifs is 1. The Balaban J connectivity index is 0.000000238. The zero-order valence-corrected chi connectivity index (χ0v) is 13.4. The van der Waals surface area contributed by atoms with Crippen molar-refractivity contribution < 1.29 is 0 Å². The van der Waals surface area contributed by atoms with E-state index in [2.05, 4.69) is 54.3 Å². The summed E-state index contributed by atoms with van der Waals surface area (Å²) in [6.07, 6.45) is 0. The lowest BCUT2D eigenvalue weighted by Crippen LogP contribution is -1.79. The van der Waals surface area contributed by atoms with Gasteiger partial charge in [-0.3, -0.25) is 0 Å². The van der Waals surface area contributed by atoms with Crippen LogP contribution in [-0.4, -0.2) is 0 Å². The van der Waals surface area contributed by atoms with Crippen molar-refractivity contribution in [1.29, 1.82) is 0 Å². The maximum absolute atomic E-state index is 3.25. The van der Waals surface area contributed by atoms with Gasteiger partial charge in [0.2, 0.25) is 0 Å². The van der Waals surface area contributed by atoms with Crippen molar-refractivity contribution >= 4 is 10.8 Å². The summed E-state index contributed by atoms with van der Waals surface area (Å²) in [6, 6.07) is 36.6. The number of hydrogen-bond donors (Lipinski definition) is 0. The Kier molecular flexibility index (Phi) is 5.43. The minimum absolute atomic E-state index is 1.05. The van der Waals surface area contributed by atoms with Gasteiger partial charge in [0.15, 0.2) is 0 Å². The minimum atomic E-state index is 1.05. The van der Waals surface area contributed by atoms with E-state index in [0.717, 1.165) is 11.1 Å². The highest BCUT2D eigenvalue weighted by Gasteiger charge is 1.95. The molecule has 24 heavy (non-hydrogen) atoms. The Morgan fingerprint density at radius 3 is 1.67 bits per heavy atom. The van der Waals surface area contributed by atoms with Gasteiger partial charge in [-0.05, 0) is 29.0 Å². The Bertz CT molecular complexity index is 910. The molecule has 0 fully saturated rings. The van der Waals surface area contributed by atoms with E-state index in [-0.39, 0.29) is 0 Å². The molecule has 0 radical (unpaired) electrons. The maximum atomic E-state index is 3.25. The second kappa shape index (κ2) is 8.36. The van der Waals surface area contributed by atoms with Crippen molar-refractivity contribution in [1.82, 2.24) is 0 Å². The van der Waals surface area contributed by atoms with E-state index in [1.54, 1.807) is 0 Å². The van der Waals surface area contributed by atoms with Gasteiger partial charge < -0.3 is 0 Å². The topological polar surface area (TPSA) is 0 Å². The fraction of sp³-hybridized carbons (Fsp3) is 0. The summed E-state index contributed by atoms with van der Waals surface area (Å²) in [7, 11) is 0. The van der Waals surface area contributed by atoms with Crippen molar-refractivity contribution in [3.05, 3.63) is 120 Å². The van der Waals surface area contributed by atoms with Crippen LogP contribution in [0.4, 0.5) is 0 Å². The standard InChI is InChI=1S/C18H12.C6H6/c1-2-7-15(8-3-1)13-14-17-11-6-10-16-9-4-5-12-18(16)17;1-2-4-6-5-3-1/h1-12H;1-6H. The zero-order valence-electron chi connectivity index (χ0n) is 13.4. The van der Waals surface area contributed by atoms with Crippen molar-refractivity contribution in [3.8, 4) is 11.8 Å². The molecule has 0 heterocycles. The molecule has 0 saturated carbocycles. The molecule has 4 aromatic carbocycles. The molecule has 0 heteroatoms. The summed E-state index contributed by atoms with van der Waals surface area (Å²) in [5.41, 5.74) is 2.13. The molecule has 114 valence electrons. The van der Waals surface area contributed by atoms with Gasteiger partial charge in [-0.2, -0.15) is 0 Å². The lowest BCUT2D eigenvalue weighted by molar-refractivity contribution is 1.64. The Labute approximate surface area is 143 Å². The van der Waals surface area contributed by atoms with Crippen LogP contribution < -0.4 is 0 Å². The van der Waals surface area contributed by atoms with Crippen LogP contribution in [0.1, 0.15) is 11.1 Å². The Morgan fingerprint density at radius 1 is 0.417 bits per heavy atom. The monoisotopic (exact) mass is 306 g/mol. The third-order valence-electron chi connectivity index (χ3n) is 3.57. The van der Waals surface area contributed by atoms with E-state index in [1.807, 2.05) is 66.7 Å². The largest absolute Gasteiger partial charge is 0.0623 e. The van der Waals surface area contributed by atoms with Crippen molar-refractivity contribution in [2.24, 2.45) is 0 Å². The van der Waals surface area contributed by atoms with E-state index in [1.165, 1.54) is 10.8 Å². The average molecular weight is 306 g/mol. The minimum Gasteiger partial charge on any atom is -0.0623 e. The molecule has 0 saturated heterocycles. The molecule has 0 aliphatic carbocycles. The molecule has 0 unspecified atom stereocenters. The molecule has 0 amide bonds. The van der Waals surface area contributed by atoms with E-state index >= 15 is 0 Å². The molecular weight excluding hydrogens is 288 g/mol. The first-order chi connectivity index (χ1) is 11.9. The number of hydrogen-bond acceptors (Lipinski definition) is 0. The molecular formula is C24H18. The van der Waals surface area contributed by atoms with Crippen molar-refractivity contribution in [2.45, 2.75) is 0 Å². The third-order valence-corrected chi connectivity index (χ3v) is 3.57. The predicted octanol–water partition coefficient (Wildman–Crippen LogP) is 5.93. The van der Waals surface area contributed by atoms with Crippen LogP contribution in [0.2, 0.25) is 0 Å². The molecule has 0 nitrogen and oxygen atoms in total. The summed E-state index contributed by atoms with van der Waals surface area (Å²) in [4.78, 5) is 0. The fourth-order valence-corrected chi connectivity index (χ4v) is 2.38. The molecule has 0 N–H and O–H groups in total. The van der Waals surface area contributed by atoms with E-state index in [0.29, 0.717) is 0 Å². The van der Waals surface area contributed by atoms with Crippen LogP contribution in [0, 0.1) is 11.8 Å². The van der Waals surface area contributed by atoms with Crippen LogP contribution in [0.5, 0.6) is 0 Å². The van der Waals surface area contributed by atoms with E-state index in [9.17, 15) is 0 Å². The summed E-state index contributed by atoms with van der Waals surface area (Å²) < 4.78 is 0. The van der Waals surface area contributed by atoms with Crippen molar-refractivity contribution in [2.75, 3.05) is 0 Å². The highest BCUT2D eigenvalue weighted by atomic mass is 14.0. The molecule has 0 bridgehead atoms. The summed E-state index contributed by atoms with van der Waals surface area (Å²) in [5, 5.41) is 2.45. The van der Waals surface area contributed by atoms with Gasteiger partial charge in [-0.25, -0.2) is 0 Å². The van der Waals surface area contributed by atoms with Gasteiger partial charge in [0.25, 0.3) is 0 Å². The smallest absolute Gasteiger partial charge is 0.0327 e. The highest BCUT2D eigenvalue weighted by molar-refractivity contribution is 5.88. The van der Waals surface area contributed by atoms with Crippen LogP contribution in [0.25, 0.3) is 10.8 Å². The Morgan fingerprint density at radius 2 is 0.958 bits per heavy atom. The lowest BCUT2D eigenvalue weighted by Gasteiger charge is -1.99. The molecule has 4 rings (SSSR count). The van der Waals surface area contributed by atoms with Gasteiger partial charge in [0.1, 0.15) is 0 Å². The first-order valence-electron chi connectivity index (χ1n) is 7.98. The molecule has 0 aliphatic heterocycles. The van der Waals surface area contributed by atoms with Crippen LogP contribution in [0.3, 0.4) is 0 Å². The van der Waals surface area contributed by atoms with Crippen molar-refractivity contribution in [3.63, 3.8) is 0 Å². The summed E-state index contributed by atoms with van der Waals surface area (Å²) >= 11 is 0. The molecule has 0 atom stereocenters. The van der Waals surface area contributed by atoms with Gasteiger partial charge in [0.05, 0.1) is 0 Å². The molecule has 0 aliphatic rings. The SMILES string of the molecule is C(#Cc1cccc2ccccc12)c1ccccc1.c1ccccc1. The number of rotatable bonds is 0. The van der Waals surface area contributed by atoms with Crippen LogP contribution >= 0.6 is 0 Å². The lowest BCUT2D eigenvalue weighted by atomic mass is 10.0. The average Bonchev–Trinajstić information content (AvgIpc) is 2.69. The number of benzene rings is 4. The van der Waals surface area contributed by atoms with E-state index in [4.69, 9.17) is 0 Å². The normalized spacial score (nSPS) is 9.33. The maximum Gasteiger partial charge on any atom is 0.0327 e. The molecule has 4 aromatic rings. The van der Waals surface area contributed by atoms with Gasteiger partial charge in [-0.1, -0.05) is 103 Å². The van der Waals surface area contributed by atoms with Gasteiger partial charge in [0, 0.05) is 11.1 Å². The quantitative estimate of drug-likeness (QED) is 0.353. The van der Waals surface area contributed by atoms with Gasteiger partial charge in [-0.15, -0.1) is 0 Å². The second-order valence-electron chi connectivity index (χ2n) is 5.30. The van der Waals surface area contributed by atoms with Crippen LogP contribution in [0.15, 0.2) is 109 Å². The molecule has 0 spiro atoms. The fourth-order valence-electron chi connectivity index (χ4n) is 2.38. The van der Waals surface area contributed by atoms with Gasteiger partial charge >= 0.3 is 0 Å². The highest BCUT2D eigenvalue weighted by Crippen LogP contribution is 2.17. The Hall–Kier alpha value is -3.30. The van der Waals surface area contributed by atoms with Crippen LogP contribution in [-0.2, 0) is 0 Å². The third kappa shape index (κ3) is 4.35. The second-order valence-corrected chi connectivity index (χ2v) is 5.30. The van der Waals surface area contributed by atoms with E-state index < -0.39 is 0 Å². The zero-order chi connectivity index (χ0) is 16.5. The summed E-state index contributed by atoms with van der Waals surface area (Å²) in [5.74, 6) is 6.46. The summed E-state index contributed by atoms with van der Waals surface area (Å²) in [6.45, 7) is 0.